The van der Waals surface area contributed by atoms with Gasteiger partial charge in [-0.2, -0.15) is 0 Å². The van der Waals surface area contributed by atoms with Crippen LogP contribution in [0.5, 0.6) is 0 Å². The summed E-state index contributed by atoms with van der Waals surface area (Å²) in [6, 6.07) is 8.82. The number of carboxylic acid groups (broad SMARTS) is 1. The molecule has 1 fully saturated rings. The highest BCUT2D eigenvalue weighted by Crippen LogP contribution is 2.26. The van der Waals surface area contributed by atoms with Crippen LogP contribution < -0.4 is 5.11 Å². The Labute approximate surface area is 92.2 Å². The number of ether oxygens (including phenoxy) is 1. The van der Waals surface area contributed by atoms with Crippen molar-refractivity contribution in [2.75, 3.05) is 13.2 Å². The summed E-state index contributed by atoms with van der Waals surface area (Å²) >= 11 is 0. The summed E-state index contributed by atoms with van der Waals surface area (Å²) in [4.78, 5) is 23.0. The second-order valence-corrected chi connectivity index (χ2v) is 3.50. The minimum Gasteiger partial charge on any atom is -0.548 e. The van der Waals surface area contributed by atoms with Gasteiger partial charge < -0.3 is 14.6 Å². The Bertz CT molecular complexity index is 404. The zero-order chi connectivity index (χ0) is 11.5. The van der Waals surface area contributed by atoms with Gasteiger partial charge in [0.25, 0.3) is 0 Å². The van der Waals surface area contributed by atoms with Crippen molar-refractivity contribution in [2.45, 2.75) is 6.04 Å². The van der Waals surface area contributed by atoms with Gasteiger partial charge in [-0.3, -0.25) is 4.90 Å². The third-order valence-electron chi connectivity index (χ3n) is 2.46. The topological polar surface area (TPSA) is 69.7 Å². The fourth-order valence-electron chi connectivity index (χ4n) is 1.72. The normalized spacial score (nSPS) is 19.6. The van der Waals surface area contributed by atoms with Gasteiger partial charge in [-0.05, 0) is 5.56 Å². The maximum atomic E-state index is 11.3. The lowest BCUT2D eigenvalue weighted by Crippen LogP contribution is -2.39. The number of carbonyl (C=O) groups excluding carboxylic acids is 2. The number of aliphatic carboxylic acids is 1. The van der Waals surface area contributed by atoms with Crippen molar-refractivity contribution < 1.29 is 19.4 Å². The molecule has 5 heteroatoms. The zero-order valence-electron chi connectivity index (χ0n) is 8.46. The number of amides is 1. The summed E-state index contributed by atoms with van der Waals surface area (Å²) < 4.78 is 4.83. The van der Waals surface area contributed by atoms with E-state index in [0.29, 0.717) is 0 Å². The summed E-state index contributed by atoms with van der Waals surface area (Å²) in [5, 5.41) is 10.5. The van der Waals surface area contributed by atoms with Crippen LogP contribution in [0.1, 0.15) is 11.6 Å². The number of cyclic esters (lactones) is 1. The van der Waals surface area contributed by atoms with Crippen LogP contribution in [0.4, 0.5) is 4.79 Å². The number of nitrogens with zero attached hydrogens (tertiary/aromatic N) is 1. The van der Waals surface area contributed by atoms with Crippen molar-refractivity contribution in [1.82, 2.24) is 4.90 Å². The molecule has 84 valence electrons. The minimum atomic E-state index is -1.29. The predicted molar refractivity (Wildman–Crippen MR) is 52.2 cm³/mol. The lowest BCUT2D eigenvalue weighted by Gasteiger charge is -2.21. The van der Waals surface area contributed by atoms with E-state index in [9.17, 15) is 14.7 Å². The van der Waals surface area contributed by atoms with E-state index in [1.54, 1.807) is 0 Å². The molecule has 2 rings (SSSR count). The maximum Gasteiger partial charge on any atom is 0.410 e. The first-order valence-corrected chi connectivity index (χ1v) is 4.86. The molecular weight excluding hydrogens is 210 g/mol. The van der Waals surface area contributed by atoms with E-state index in [1.165, 1.54) is 0 Å². The molecule has 1 aliphatic rings. The van der Waals surface area contributed by atoms with Crippen LogP contribution in [0.2, 0.25) is 0 Å². The molecule has 0 unspecified atom stereocenters. The average molecular weight is 220 g/mol. The van der Waals surface area contributed by atoms with E-state index in [1.807, 2.05) is 30.3 Å². The largest absolute Gasteiger partial charge is 0.548 e. The van der Waals surface area contributed by atoms with Crippen molar-refractivity contribution in [1.29, 1.82) is 0 Å². The lowest BCUT2D eigenvalue weighted by atomic mass is 10.1. The highest BCUT2D eigenvalue weighted by Gasteiger charge is 2.33. The molecule has 1 saturated heterocycles. The molecule has 1 heterocycles. The maximum absolute atomic E-state index is 11.3. The zero-order valence-corrected chi connectivity index (χ0v) is 8.46. The molecule has 0 aromatic heterocycles. The van der Waals surface area contributed by atoms with E-state index in [0.717, 1.165) is 10.5 Å². The number of hydrogen-bond acceptors (Lipinski definition) is 4. The Balaban J connectivity index is 2.21. The van der Waals surface area contributed by atoms with Crippen molar-refractivity contribution in [3.05, 3.63) is 35.9 Å². The Morgan fingerprint density at radius 1 is 1.44 bits per heavy atom. The summed E-state index contributed by atoms with van der Waals surface area (Å²) in [7, 11) is 0. The van der Waals surface area contributed by atoms with Gasteiger partial charge in [-0.25, -0.2) is 4.79 Å². The van der Waals surface area contributed by atoms with Crippen molar-refractivity contribution in [2.24, 2.45) is 0 Å². The lowest BCUT2D eigenvalue weighted by molar-refractivity contribution is -0.305. The van der Waals surface area contributed by atoms with E-state index in [2.05, 4.69) is 0 Å². The molecule has 5 nitrogen and oxygen atoms in total. The number of benzene rings is 1. The van der Waals surface area contributed by atoms with Crippen LogP contribution in [0.25, 0.3) is 0 Å². The van der Waals surface area contributed by atoms with Gasteiger partial charge in [-0.1, -0.05) is 30.3 Å². The fraction of sp³-hybridized carbons (Fsp3) is 0.273. The summed E-state index contributed by atoms with van der Waals surface area (Å²) in [5.41, 5.74) is 0.856. The number of carboxylic acids is 1. The molecule has 1 atom stereocenters. The van der Waals surface area contributed by atoms with Crippen LogP contribution >= 0.6 is 0 Å². The van der Waals surface area contributed by atoms with E-state index in [-0.39, 0.29) is 12.6 Å². The average Bonchev–Trinajstić information content (AvgIpc) is 2.61. The molecule has 0 spiro atoms. The Hall–Kier alpha value is -2.04. The van der Waals surface area contributed by atoms with Crippen LogP contribution in [-0.2, 0) is 9.53 Å². The van der Waals surface area contributed by atoms with Crippen LogP contribution in [0.15, 0.2) is 30.3 Å². The Morgan fingerprint density at radius 3 is 2.75 bits per heavy atom. The van der Waals surface area contributed by atoms with Gasteiger partial charge in [-0.15, -0.1) is 0 Å². The SMILES string of the molecule is O=C([O-])CN1C(=O)OC[C@H]1c1ccccc1. The van der Waals surface area contributed by atoms with E-state index in [4.69, 9.17) is 4.74 Å². The van der Waals surface area contributed by atoms with E-state index < -0.39 is 18.6 Å². The predicted octanol–water partition coefficient (Wildman–Crippen LogP) is -0.0702. The standard InChI is InChI=1S/C11H11NO4/c13-10(14)6-12-9(7-16-11(12)15)8-4-2-1-3-5-8/h1-5,9H,6-7H2,(H,13,14)/p-1/t9-/m0/s1. The molecule has 1 amide bonds. The first kappa shape index (κ1) is 10.5. The first-order chi connectivity index (χ1) is 7.68. The summed E-state index contributed by atoms with van der Waals surface area (Å²) in [6.45, 7) is -0.269. The highest BCUT2D eigenvalue weighted by molar-refractivity contribution is 5.77. The van der Waals surface area contributed by atoms with Gasteiger partial charge >= 0.3 is 6.09 Å². The fourth-order valence-corrected chi connectivity index (χ4v) is 1.72. The van der Waals surface area contributed by atoms with Crippen molar-refractivity contribution in [3.8, 4) is 0 Å². The third kappa shape index (κ3) is 1.98. The van der Waals surface area contributed by atoms with Gasteiger partial charge in [0.1, 0.15) is 6.61 Å². The monoisotopic (exact) mass is 220 g/mol. The van der Waals surface area contributed by atoms with Crippen LogP contribution in [0.3, 0.4) is 0 Å². The molecule has 0 bridgehead atoms. The van der Waals surface area contributed by atoms with Crippen LogP contribution in [0, 0.1) is 0 Å². The quantitative estimate of drug-likeness (QED) is 0.715. The van der Waals surface area contributed by atoms with E-state index >= 15 is 0 Å². The van der Waals surface area contributed by atoms with Crippen molar-refractivity contribution >= 4 is 12.1 Å². The van der Waals surface area contributed by atoms with Gasteiger partial charge in [0.2, 0.25) is 0 Å². The first-order valence-electron chi connectivity index (χ1n) is 4.86. The Kier molecular flexibility index (Phi) is 2.76. The summed E-state index contributed by atoms with van der Waals surface area (Å²) in [5.74, 6) is -1.29. The molecular formula is C11H10NO4-. The molecule has 1 aromatic rings. The van der Waals surface area contributed by atoms with Crippen molar-refractivity contribution in [3.63, 3.8) is 0 Å². The molecule has 1 aromatic carbocycles. The molecule has 0 radical (unpaired) electrons. The smallest absolute Gasteiger partial charge is 0.410 e. The Morgan fingerprint density at radius 2 is 2.12 bits per heavy atom. The second kappa shape index (κ2) is 4.22. The molecule has 0 aliphatic carbocycles. The molecule has 16 heavy (non-hydrogen) atoms. The van der Waals surface area contributed by atoms with Gasteiger partial charge in [0.05, 0.1) is 18.6 Å². The molecule has 1 aliphatic heterocycles. The number of hydrogen-bond donors (Lipinski definition) is 0. The molecule has 0 saturated carbocycles. The number of carbonyl (C=O) groups is 2. The second-order valence-electron chi connectivity index (χ2n) is 3.50. The van der Waals surface area contributed by atoms with Gasteiger partial charge in [0, 0.05) is 0 Å². The van der Waals surface area contributed by atoms with Crippen LogP contribution in [-0.4, -0.2) is 30.1 Å². The highest BCUT2D eigenvalue weighted by atomic mass is 16.6. The minimum absolute atomic E-state index is 0.177. The molecule has 0 N–H and O–H groups in total. The third-order valence-corrected chi connectivity index (χ3v) is 2.46. The van der Waals surface area contributed by atoms with Gasteiger partial charge in [0.15, 0.2) is 0 Å². The number of rotatable bonds is 3. The summed E-state index contributed by atoms with van der Waals surface area (Å²) in [6.07, 6.45) is -0.613.